The predicted molar refractivity (Wildman–Crippen MR) is 70.3 cm³/mol. The Kier molecular flexibility index (Phi) is 1.92. The number of hydrogen-bond donors (Lipinski definition) is 2. The summed E-state index contributed by atoms with van der Waals surface area (Å²) in [5.41, 5.74) is 4.38. The fourth-order valence-corrected chi connectivity index (χ4v) is 3.73. The Labute approximate surface area is 101 Å². The van der Waals surface area contributed by atoms with Gasteiger partial charge >= 0.3 is 0 Å². The van der Waals surface area contributed by atoms with Gasteiger partial charge in [0.15, 0.2) is 0 Å². The van der Waals surface area contributed by atoms with E-state index in [2.05, 4.69) is 41.6 Å². The molecule has 0 spiro atoms. The van der Waals surface area contributed by atoms with E-state index in [1.807, 2.05) is 0 Å². The molecule has 1 saturated heterocycles. The minimum atomic E-state index is 0.653. The summed E-state index contributed by atoms with van der Waals surface area (Å²) in [6.45, 7) is 3.53. The van der Waals surface area contributed by atoms with Crippen molar-refractivity contribution in [1.82, 2.24) is 10.3 Å². The van der Waals surface area contributed by atoms with Crippen LogP contribution in [0.1, 0.15) is 30.4 Å². The average molecular weight is 226 g/mol. The van der Waals surface area contributed by atoms with Gasteiger partial charge in [0.25, 0.3) is 0 Å². The van der Waals surface area contributed by atoms with Gasteiger partial charge in [-0.25, -0.2) is 0 Å². The summed E-state index contributed by atoms with van der Waals surface area (Å²) in [7, 11) is 0. The lowest BCUT2D eigenvalue weighted by atomic mass is 9.74. The number of H-pyrrole nitrogens is 1. The second-order valence-electron chi connectivity index (χ2n) is 5.75. The molecule has 1 aromatic heterocycles. The third kappa shape index (κ3) is 1.31. The van der Waals surface area contributed by atoms with Crippen molar-refractivity contribution in [2.24, 2.45) is 5.92 Å². The highest BCUT2D eigenvalue weighted by molar-refractivity contribution is 5.88. The fraction of sp³-hybridized carbons (Fsp3) is 0.467. The zero-order valence-corrected chi connectivity index (χ0v) is 10.2. The van der Waals surface area contributed by atoms with Crippen LogP contribution < -0.4 is 5.32 Å². The standard InChI is InChI=1S/C15H18N2/c1-9-5-12-11-3-2-4-13-15(11)10(8-17-13)6-14(12)16-7-9/h2-4,8-9,12,14,16-17H,5-7H2,1H3/t9-,12-,14-/m1/s1. The number of aromatic amines is 1. The second-order valence-corrected chi connectivity index (χ2v) is 5.75. The van der Waals surface area contributed by atoms with Crippen molar-refractivity contribution in [3.05, 3.63) is 35.5 Å². The van der Waals surface area contributed by atoms with Gasteiger partial charge < -0.3 is 10.3 Å². The van der Waals surface area contributed by atoms with E-state index in [-0.39, 0.29) is 0 Å². The lowest BCUT2D eigenvalue weighted by Crippen LogP contribution is -2.46. The average Bonchev–Trinajstić information content (AvgIpc) is 2.75. The molecule has 1 fully saturated rings. The summed E-state index contributed by atoms with van der Waals surface area (Å²) in [6, 6.07) is 7.37. The van der Waals surface area contributed by atoms with Gasteiger partial charge in [-0.1, -0.05) is 19.1 Å². The van der Waals surface area contributed by atoms with E-state index in [9.17, 15) is 0 Å². The van der Waals surface area contributed by atoms with Gasteiger partial charge in [0.1, 0.15) is 0 Å². The molecule has 1 aliphatic carbocycles. The van der Waals surface area contributed by atoms with Crippen molar-refractivity contribution in [3.8, 4) is 0 Å². The number of fused-ring (bicyclic) bond motifs is 2. The van der Waals surface area contributed by atoms with Crippen LogP contribution in [0, 0.1) is 5.92 Å². The lowest BCUT2D eigenvalue weighted by molar-refractivity contribution is 0.282. The topological polar surface area (TPSA) is 27.8 Å². The predicted octanol–water partition coefficient (Wildman–Crippen LogP) is 2.81. The zero-order valence-electron chi connectivity index (χ0n) is 10.2. The highest BCUT2D eigenvalue weighted by atomic mass is 14.9. The van der Waals surface area contributed by atoms with Gasteiger partial charge in [0, 0.05) is 29.1 Å². The van der Waals surface area contributed by atoms with Crippen LogP contribution in [0.3, 0.4) is 0 Å². The van der Waals surface area contributed by atoms with Crippen LogP contribution in [0.15, 0.2) is 24.4 Å². The first kappa shape index (κ1) is 9.72. The van der Waals surface area contributed by atoms with Crippen molar-refractivity contribution < 1.29 is 0 Å². The Balaban J connectivity index is 1.92. The monoisotopic (exact) mass is 226 g/mol. The molecule has 0 radical (unpaired) electrons. The van der Waals surface area contributed by atoms with Gasteiger partial charge in [-0.05, 0) is 42.5 Å². The number of rotatable bonds is 0. The maximum Gasteiger partial charge on any atom is 0.0459 e. The van der Waals surface area contributed by atoms with Crippen LogP contribution in [-0.4, -0.2) is 17.6 Å². The minimum absolute atomic E-state index is 0.653. The molecule has 0 bridgehead atoms. The molecular weight excluding hydrogens is 208 g/mol. The van der Waals surface area contributed by atoms with Crippen LogP contribution >= 0.6 is 0 Å². The molecule has 0 saturated carbocycles. The second kappa shape index (κ2) is 3.36. The van der Waals surface area contributed by atoms with E-state index in [1.165, 1.54) is 35.9 Å². The first-order chi connectivity index (χ1) is 8.33. The highest BCUT2D eigenvalue weighted by Crippen LogP contribution is 2.41. The van der Waals surface area contributed by atoms with Gasteiger partial charge in [-0.2, -0.15) is 0 Å². The van der Waals surface area contributed by atoms with E-state index < -0.39 is 0 Å². The maximum atomic E-state index is 3.73. The normalized spacial score (nSPS) is 31.5. The van der Waals surface area contributed by atoms with Crippen molar-refractivity contribution in [1.29, 1.82) is 0 Å². The summed E-state index contributed by atoms with van der Waals surface area (Å²) in [6.07, 6.45) is 4.72. The molecule has 0 amide bonds. The lowest BCUT2D eigenvalue weighted by Gasteiger charge is -2.39. The van der Waals surface area contributed by atoms with Crippen LogP contribution in [0.5, 0.6) is 0 Å². The molecule has 2 heteroatoms. The summed E-state index contributed by atoms with van der Waals surface area (Å²) in [5, 5.41) is 5.23. The molecule has 2 heterocycles. The Bertz CT molecular complexity index is 569. The molecule has 17 heavy (non-hydrogen) atoms. The molecule has 1 aromatic carbocycles. The SMILES string of the molecule is C[C@H]1CN[C@@H]2Cc3c[nH]c4cccc(c34)[C@H]2C1. The summed E-state index contributed by atoms with van der Waals surface area (Å²) in [5.74, 6) is 1.51. The molecule has 2 N–H and O–H groups in total. The van der Waals surface area contributed by atoms with Crippen molar-refractivity contribution >= 4 is 10.9 Å². The largest absolute Gasteiger partial charge is 0.361 e. The number of nitrogens with one attached hydrogen (secondary N) is 2. The van der Waals surface area contributed by atoms with Gasteiger partial charge in [0.05, 0.1) is 0 Å². The van der Waals surface area contributed by atoms with E-state index >= 15 is 0 Å². The van der Waals surface area contributed by atoms with Gasteiger partial charge in [-0.3, -0.25) is 0 Å². The molecule has 2 aromatic rings. The molecule has 3 atom stereocenters. The quantitative estimate of drug-likeness (QED) is 0.710. The van der Waals surface area contributed by atoms with Crippen LogP contribution in [0.2, 0.25) is 0 Å². The molecule has 2 nitrogen and oxygen atoms in total. The summed E-state index contributed by atoms with van der Waals surface area (Å²) in [4.78, 5) is 3.41. The maximum absolute atomic E-state index is 3.73. The third-order valence-electron chi connectivity index (χ3n) is 4.53. The first-order valence-corrected chi connectivity index (χ1v) is 6.65. The smallest absolute Gasteiger partial charge is 0.0459 e. The Morgan fingerprint density at radius 3 is 3.18 bits per heavy atom. The van der Waals surface area contributed by atoms with Gasteiger partial charge in [0.2, 0.25) is 0 Å². The summed E-state index contributed by atoms with van der Waals surface area (Å²) >= 11 is 0. The van der Waals surface area contributed by atoms with E-state index in [0.717, 1.165) is 5.92 Å². The number of piperidine rings is 1. The molecule has 4 rings (SSSR count). The fourth-order valence-electron chi connectivity index (χ4n) is 3.73. The molecule has 0 unspecified atom stereocenters. The number of benzene rings is 1. The minimum Gasteiger partial charge on any atom is -0.361 e. The molecule has 1 aliphatic heterocycles. The van der Waals surface area contributed by atoms with Crippen molar-refractivity contribution in [2.45, 2.75) is 31.7 Å². The number of aromatic nitrogens is 1. The summed E-state index contributed by atoms with van der Waals surface area (Å²) < 4.78 is 0. The zero-order chi connectivity index (χ0) is 11.4. The highest BCUT2D eigenvalue weighted by Gasteiger charge is 2.34. The Morgan fingerprint density at radius 2 is 2.24 bits per heavy atom. The van der Waals surface area contributed by atoms with Crippen LogP contribution in [-0.2, 0) is 6.42 Å². The third-order valence-corrected chi connectivity index (χ3v) is 4.53. The molecular formula is C15H18N2. The Hall–Kier alpha value is -1.28. The number of hydrogen-bond acceptors (Lipinski definition) is 1. The van der Waals surface area contributed by atoms with Crippen molar-refractivity contribution in [3.63, 3.8) is 0 Å². The molecule has 2 aliphatic rings. The van der Waals surface area contributed by atoms with Crippen LogP contribution in [0.25, 0.3) is 10.9 Å². The molecule has 88 valence electrons. The van der Waals surface area contributed by atoms with Crippen molar-refractivity contribution in [2.75, 3.05) is 6.54 Å². The van der Waals surface area contributed by atoms with E-state index in [0.29, 0.717) is 12.0 Å². The van der Waals surface area contributed by atoms with Crippen LogP contribution in [0.4, 0.5) is 0 Å². The Morgan fingerprint density at radius 1 is 1.29 bits per heavy atom. The van der Waals surface area contributed by atoms with Gasteiger partial charge in [-0.15, -0.1) is 0 Å². The first-order valence-electron chi connectivity index (χ1n) is 6.65. The van der Waals surface area contributed by atoms with E-state index in [1.54, 1.807) is 5.56 Å². The van der Waals surface area contributed by atoms with E-state index in [4.69, 9.17) is 0 Å².